The van der Waals surface area contributed by atoms with Crippen molar-refractivity contribution in [3.8, 4) is 22.7 Å². The van der Waals surface area contributed by atoms with Crippen molar-refractivity contribution >= 4 is 22.4 Å². The Labute approximate surface area is 204 Å². The van der Waals surface area contributed by atoms with E-state index in [0.717, 1.165) is 52.4 Å². The zero-order chi connectivity index (χ0) is 24.4. The minimum absolute atomic E-state index is 0.183. The third-order valence-corrected chi connectivity index (χ3v) is 6.45. The Morgan fingerprint density at radius 3 is 2.54 bits per heavy atom. The number of aryl methyl sites for hydroxylation is 1. The summed E-state index contributed by atoms with van der Waals surface area (Å²) < 4.78 is 9.17. The molecule has 2 aromatic carbocycles. The second-order valence-corrected chi connectivity index (χ2v) is 9.06. The number of rotatable bonds is 7. The average Bonchev–Trinajstić information content (AvgIpc) is 3.42. The van der Waals surface area contributed by atoms with Crippen molar-refractivity contribution in [2.45, 2.75) is 26.7 Å². The van der Waals surface area contributed by atoms with Gasteiger partial charge in [-0.3, -0.25) is 9.59 Å². The first-order valence-electron chi connectivity index (χ1n) is 11.3. The standard InChI is InChI=1S/C26H23N5O3S/c1-3-4-14-34-21-12-10-18(11-13-21)23-19(16-30(29-23)20-8-6-5-7-9-20)15-22-25(33)31-26(35-22)27-24(32)17(2)28-31/h5-13,15-16H,3-4,14H2,1-2H3. The SMILES string of the molecule is CCCCOc1ccc(-c2nn(-c3ccccc3)cc2C=c2sc3nc(=O)c(C)nn3c2=O)cc1. The molecule has 176 valence electrons. The first kappa shape index (κ1) is 22.7. The van der Waals surface area contributed by atoms with Crippen LogP contribution >= 0.6 is 11.3 Å². The van der Waals surface area contributed by atoms with Gasteiger partial charge in [0.1, 0.15) is 17.1 Å². The lowest BCUT2D eigenvalue weighted by Crippen LogP contribution is -2.27. The summed E-state index contributed by atoms with van der Waals surface area (Å²) in [5.74, 6) is 0.805. The molecular formula is C26H23N5O3S. The minimum atomic E-state index is -0.434. The molecule has 0 saturated carbocycles. The fraction of sp³-hybridized carbons (Fsp3) is 0.192. The minimum Gasteiger partial charge on any atom is -0.494 e. The molecule has 3 heterocycles. The van der Waals surface area contributed by atoms with Gasteiger partial charge in [0.15, 0.2) is 0 Å². The Balaban J connectivity index is 1.62. The van der Waals surface area contributed by atoms with Crippen LogP contribution in [0.4, 0.5) is 0 Å². The van der Waals surface area contributed by atoms with Crippen LogP contribution in [0.2, 0.25) is 0 Å². The molecule has 3 aromatic heterocycles. The highest BCUT2D eigenvalue weighted by Crippen LogP contribution is 2.26. The second kappa shape index (κ2) is 9.63. The molecule has 0 saturated heterocycles. The van der Waals surface area contributed by atoms with Gasteiger partial charge < -0.3 is 4.74 Å². The van der Waals surface area contributed by atoms with Crippen LogP contribution in [0.25, 0.3) is 28.0 Å². The van der Waals surface area contributed by atoms with Crippen LogP contribution in [0.1, 0.15) is 31.0 Å². The van der Waals surface area contributed by atoms with Crippen LogP contribution in [0.3, 0.4) is 0 Å². The predicted molar refractivity (Wildman–Crippen MR) is 136 cm³/mol. The molecule has 0 bridgehead atoms. The van der Waals surface area contributed by atoms with Gasteiger partial charge in [-0.2, -0.15) is 19.7 Å². The molecule has 0 atom stereocenters. The Morgan fingerprint density at radius 1 is 1.03 bits per heavy atom. The number of thiazole rings is 1. The summed E-state index contributed by atoms with van der Waals surface area (Å²) in [7, 11) is 0. The second-order valence-electron chi connectivity index (χ2n) is 8.05. The van der Waals surface area contributed by atoms with E-state index < -0.39 is 5.56 Å². The molecule has 0 N–H and O–H groups in total. The monoisotopic (exact) mass is 485 g/mol. The van der Waals surface area contributed by atoms with E-state index in [2.05, 4.69) is 17.0 Å². The maximum atomic E-state index is 13.0. The molecule has 0 spiro atoms. The number of fused-ring (bicyclic) bond motifs is 1. The third-order valence-electron chi connectivity index (χ3n) is 5.49. The summed E-state index contributed by atoms with van der Waals surface area (Å²) in [6.45, 7) is 4.35. The zero-order valence-electron chi connectivity index (χ0n) is 19.3. The van der Waals surface area contributed by atoms with E-state index in [4.69, 9.17) is 9.84 Å². The van der Waals surface area contributed by atoms with Crippen molar-refractivity contribution in [2.24, 2.45) is 0 Å². The van der Waals surface area contributed by atoms with E-state index >= 15 is 0 Å². The van der Waals surface area contributed by atoms with Crippen molar-refractivity contribution < 1.29 is 4.74 Å². The molecular weight excluding hydrogens is 462 g/mol. The van der Waals surface area contributed by atoms with Gasteiger partial charge >= 0.3 is 0 Å². The Kier molecular flexibility index (Phi) is 6.24. The van der Waals surface area contributed by atoms with E-state index in [0.29, 0.717) is 11.1 Å². The topological polar surface area (TPSA) is 91.4 Å². The van der Waals surface area contributed by atoms with Gasteiger partial charge in [-0.05, 0) is 55.8 Å². The molecule has 0 aliphatic rings. The molecule has 5 rings (SSSR count). The summed E-state index contributed by atoms with van der Waals surface area (Å²) in [6.07, 6.45) is 5.74. The van der Waals surface area contributed by atoms with E-state index in [9.17, 15) is 9.59 Å². The number of aromatic nitrogens is 5. The van der Waals surface area contributed by atoms with Crippen LogP contribution in [0.5, 0.6) is 5.75 Å². The van der Waals surface area contributed by atoms with Crippen LogP contribution in [-0.2, 0) is 0 Å². The fourth-order valence-corrected chi connectivity index (χ4v) is 4.50. The van der Waals surface area contributed by atoms with Crippen molar-refractivity contribution in [3.63, 3.8) is 0 Å². The smallest absolute Gasteiger partial charge is 0.295 e. The number of hydrogen-bond acceptors (Lipinski definition) is 7. The average molecular weight is 486 g/mol. The quantitative estimate of drug-likeness (QED) is 0.328. The van der Waals surface area contributed by atoms with Gasteiger partial charge in [0, 0.05) is 17.3 Å². The van der Waals surface area contributed by atoms with E-state index in [1.807, 2.05) is 60.8 Å². The Morgan fingerprint density at radius 2 is 1.80 bits per heavy atom. The maximum Gasteiger partial charge on any atom is 0.295 e. The number of unbranched alkanes of at least 4 members (excludes halogenated alkanes) is 1. The highest BCUT2D eigenvalue weighted by atomic mass is 32.1. The number of para-hydroxylation sites is 1. The van der Waals surface area contributed by atoms with Crippen molar-refractivity contribution in [2.75, 3.05) is 6.61 Å². The van der Waals surface area contributed by atoms with E-state index in [1.54, 1.807) is 17.7 Å². The lowest BCUT2D eigenvalue weighted by atomic mass is 10.1. The first-order valence-corrected chi connectivity index (χ1v) is 12.2. The summed E-state index contributed by atoms with van der Waals surface area (Å²) in [5.41, 5.74) is 2.70. The highest BCUT2D eigenvalue weighted by molar-refractivity contribution is 7.15. The van der Waals surface area contributed by atoms with Crippen molar-refractivity contribution in [3.05, 3.63) is 97.3 Å². The summed E-state index contributed by atoms with van der Waals surface area (Å²) in [5, 5.41) is 8.92. The molecule has 35 heavy (non-hydrogen) atoms. The molecule has 8 nitrogen and oxygen atoms in total. The summed E-state index contributed by atoms with van der Waals surface area (Å²) >= 11 is 1.13. The van der Waals surface area contributed by atoms with Gasteiger partial charge in [0.05, 0.1) is 16.8 Å². The maximum absolute atomic E-state index is 13.0. The Hall–Kier alpha value is -4.11. The fourth-order valence-electron chi connectivity index (χ4n) is 3.60. The molecule has 0 unspecified atom stereocenters. The van der Waals surface area contributed by atoms with Crippen LogP contribution in [0, 0.1) is 6.92 Å². The van der Waals surface area contributed by atoms with Crippen molar-refractivity contribution in [1.82, 2.24) is 24.4 Å². The van der Waals surface area contributed by atoms with Crippen LogP contribution in [0.15, 0.2) is 70.4 Å². The molecule has 0 amide bonds. The molecule has 0 aliphatic heterocycles. The van der Waals surface area contributed by atoms with Crippen LogP contribution in [-0.4, -0.2) is 31.0 Å². The number of nitrogens with zero attached hydrogens (tertiary/aromatic N) is 5. The van der Waals surface area contributed by atoms with E-state index in [-0.39, 0.29) is 16.2 Å². The largest absolute Gasteiger partial charge is 0.494 e. The molecule has 0 aliphatic carbocycles. The summed E-state index contributed by atoms with van der Waals surface area (Å²) in [6, 6.07) is 17.5. The van der Waals surface area contributed by atoms with Crippen molar-refractivity contribution in [1.29, 1.82) is 0 Å². The van der Waals surface area contributed by atoms with Crippen LogP contribution < -0.4 is 20.4 Å². The lowest BCUT2D eigenvalue weighted by molar-refractivity contribution is 0.309. The number of benzene rings is 2. The normalized spacial score (nSPS) is 11.9. The number of ether oxygens (including phenoxy) is 1. The molecule has 0 fully saturated rings. The molecule has 5 aromatic rings. The highest BCUT2D eigenvalue weighted by Gasteiger charge is 2.14. The predicted octanol–water partition coefficient (Wildman–Crippen LogP) is 3.40. The number of hydrogen-bond donors (Lipinski definition) is 0. The lowest BCUT2D eigenvalue weighted by Gasteiger charge is -2.06. The Bertz CT molecular complexity index is 1650. The molecule has 0 radical (unpaired) electrons. The molecule has 9 heteroatoms. The van der Waals surface area contributed by atoms with Gasteiger partial charge in [-0.25, -0.2) is 4.68 Å². The summed E-state index contributed by atoms with van der Waals surface area (Å²) in [4.78, 5) is 29.1. The van der Waals surface area contributed by atoms with Gasteiger partial charge in [-0.15, -0.1) is 0 Å². The third kappa shape index (κ3) is 4.63. The first-order chi connectivity index (χ1) is 17.0. The van der Waals surface area contributed by atoms with Gasteiger partial charge in [-0.1, -0.05) is 42.9 Å². The zero-order valence-corrected chi connectivity index (χ0v) is 20.2. The van der Waals surface area contributed by atoms with E-state index in [1.165, 1.54) is 4.52 Å². The van der Waals surface area contributed by atoms with Gasteiger partial charge in [0.2, 0.25) is 4.96 Å². The van der Waals surface area contributed by atoms with Gasteiger partial charge in [0.25, 0.3) is 11.1 Å².